The van der Waals surface area contributed by atoms with Crippen LogP contribution >= 0.6 is 0 Å². The van der Waals surface area contributed by atoms with Crippen molar-refractivity contribution in [2.45, 2.75) is 0 Å². The number of aromatic carboxylic acids is 1. The number of rotatable bonds is 2. The van der Waals surface area contributed by atoms with E-state index in [1.807, 2.05) is 0 Å². The summed E-state index contributed by atoms with van der Waals surface area (Å²) in [5.74, 6) is -1.76. The molecule has 6 heteroatoms. The average Bonchev–Trinajstić information content (AvgIpc) is 2.61. The lowest BCUT2D eigenvalue weighted by molar-refractivity contribution is 0.0665. The Kier molecular flexibility index (Phi) is 2.24. The molecule has 0 amide bonds. The van der Waals surface area contributed by atoms with Gasteiger partial charge in [0, 0.05) is 5.56 Å². The zero-order chi connectivity index (χ0) is 11.7. The van der Waals surface area contributed by atoms with E-state index in [1.54, 1.807) is 12.1 Å². The number of nitrogen functional groups attached to an aromatic ring is 1. The van der Waals surface area contributed by atoms with Crippen LogP contribution in [0.2, 0.25) is 0 Å². The van der Waals surface area contributed by atoms with Gasteiger partial charge in [0.1, 0.15) is 11.4 Å². The molecule has 0 aliphatic carbocycles. The number of anilines is 1. The summed E-state index contributed by atoms with van der Waals surface area (Å²) in [5, 5.41) is 18.4. The van der Waals surface area contributed by atoms with Crippen molar-refractivity contribution in [3.05, 3.63) is 30.0 Å². The van der Waals surface area contributed by atoms with Gasteiger partial charge in [-0.2, -0.15) is 4.98 Å². The first kappa shape index (κ1) is 10.0. The number of carboxylic acids is 1. The normalized spacial score (nSPS) is 10.2. The Hall–Kier alpha value is -2.50. The Morgan fingerprint density at radius 2 is 2.06 bits per heavy atom. The van der Waals surface area contributed by atoms with Crippen LogP contribution in [0, 0.1) is 0 Å². The Morgan fingerprint density at radius 3 is 2.69 bits per heavy atom. The number of benzene rings is 1. The van der Waals surface area contributed by atoms with Crippen molar-refractivity contribution in [1.82, 2.24) is 4.98 Å². The van der Waals surface area contributed by atoms with E-state index in [1.165, 1.54) is 12.1 Å². The molecule has 0 saturated carbocycles. The SMILES string of the molecule is Nc1nc(-c2ccccc2O)c(C(=O)O)o1. The third-order valence-electron chi connectivity index (χ3n) is 2.00. The highest BCUT2D eigenvalue weighted by atomic mass is 16.4. The summed E-state index contributed by atoms with van der Waals surface area (Å²) in [6.45, 7) is 0. The lowest BCUT2D eigenvalue weighted by atomic mass is 10.1. The number of phenolic OH excluding ortho intramolecular Hbond substituents is 1. The van der Waals surface area contributed by atoms with Gasteiger partial charge < -0.3 is 20.4 Å². The van der Waals surface area contributed by atoms with E-state index in [-0.39, 0.29) is 28.8 Å². The molecule has 0 saturated heterocycles. The molecule has 0 aliphatic heterocycles. The molecule has 1 heterocycles. The molecule has 0 radical (unpaired) electrons. The number of para-hydroxylation sites is 1. The van der Waals surface area contributed by atoms with Crippen LogP contribution in [0.3, 0.4) is 0 Å². The van der Waals surface area contributed by atoms with Gasteiger partial charge >= 0.3 is 5.97 Å². The molecule has 0 spiro atoms. The third kappa shape index (κ3) is 1.56. The van der Waals surface area contributed by atoms with Gasteiger partial charge in [0.15, 0.2) is 0 Å². The van der Waals surface area contributed by atoms with Crippen molar-refractivity contribution in [2.75, 3.05) is 5.73 Å². The molecule has 6 nitrogen and oxygen atoms in total. The summed E-state index contributed by atoms with van der Waals surface area (Å²) >= 11 is 0. The fourth-order valence-corrected chi connectivity index (χ4v) is 1.34. The second-order valence-electron chi connectivity index (χ2n) is 3.05. The summed E-state index contributed by atoms with van der Waals surface area (Å²) in [4.78, 5) is 14.6. The second kappa shape index (κ2) is 3.58. The molecular weight excluding hydrogens is 212 g/mol. The number of hydrogen-bond donors (Lipinski definition) is 3. The van der Waals surface area contributed by atoms with Gasteiger partial charge in [0.25, 0.3) is 6.01 Å². The van der Waals surface area contributed by atoms with Crippen LogP contribution in [0.25, 0.3) is 11.3 Å². The molecule has 0 fully saturated rings. The molecule has 0 bridgehead atoms. The van der Waals surface area contributed by atoms with Crippen LogP contribution in [-0.4, -0.2) is 21.2 Å². The lowest BCUT2D eigenvalue weighted by Crippen LogP contribution is -1.96. The van der Waals surface area contributed by atoms with E-state index < -0.39 is 5.97 Å². The third-order valence-corrected chi connectivity index (χ3v) is 2.00. The Balaban J connectivity index is 2.64. The van der Waals surface area contributed by atoms with E-state index in [9.17, 15) is 9.90 Å². The standard InChI is InChI=1S/C10H8N2O4/c11-10-12-7(8(16-10)9(14)15)5-3-1-2-4-6(5)13/h1-4,13H,(H2,11,12)(H,14,15). The van der Waals surface area contributed by atoms with Crippen LogP contribution in [-0.2, 0) is 0 Å². The van der Waals surface area contributed by atoms with Gasteiger partial charge in [0.05, 0.1) is 0 Å². The molecular formula is C10H8N2O4. The second-order valence-corrected chi connectivity index (χ2v) is 3.05. The van der Waals surface area contributed by atoms with Crippen LogP contribution in [0.5, 0.6) is 5.75 Å². The lowest BCUT2D eigenvalue weighted by Gasteiger charge is -2.00. The highest BCUT2D eigenvalue weighted by Gasteiger charge is 2.21. The fourth-order valence-electron chi connectivity index (χ4n) is 1.34. The fraction of sp³-hybridized carbons (Fsp3) is 0. The molecule has 1 aromatic heterocycles. The van der Waals surface area contributed by atoms with E-state index in [2.05, 4.69) is 4.98 Å². The van der Waals surface area contributed by atoms with Crippen molar-refractivity contribution < 1.29 is 19.4 Å². The van der Waals surface area contributed by atoms with Crippen LogP contribution < -0.4 is 5.73 Å². The predicted octanol–water partition coefficient (Wildman–Crippen LogP) is 1.33. The highest BCUT2D eigenvalue weighted by Crippen LogP contribution is 2.31. The molecule has 0 atom stereocenters. The molecule has 82 valence electrons. The summed E-state index contributed by atoms with van der Waals surface area (Å²) in [5.41, 5.74) is 5.56. The van der Waals surface area contributed by atoms with Gasteiger partial charge in [-0.15, -0.1) is 0 Å². The van der Waals surface area contributed by atoms with E-state index in [0.717, 1.165) is 0 Å². The first-order valence-corrected chi connectivity index (χ1v) is 4.37. The van der Waals surface area contributed by atoms with E-state index in [4.69, 9.17) is 15.3 Å². The average molecular weight is 220 g/mol. The van der Waals surface area contributed by atoms with Gasteiger partial charge in [-0.25, -0.2) is 4.79 Å². The Bertz CT molecular complexity index is 548. The summed E-state index contributed by atoms with van der Waals surface area (Å²) in [6.07, 6.45) is 0. The van der Waals surface area contributed by atoms with Gasteiger partial charge in [0.2, 0.25) is 5.76 Å². The van der Waals surface area contributed by atoms with Crippen LogP contribution in [0.1, 0.15) is 10.6 Å². The maximum absolute atomic E-state index is 10.8. The summed E-state index contributed by atoms with van der Waals surface area (Å²) < 4.78 is 4.74. The number of phenols is 1. The van der Waals surface area contributed by atoms with Crippen molar-refractivity contribution in [2.24, 2.45) is 0 Å². The number of carbonyl (C=O) groups is 1. The first-order valence-electron chi connectivity index (χ1n) is 4.37. The quantitative estimate of drug-likeness (QED) is 0.704. The first-order chi connectivity index (χ1) is 7.59. The zero-order valence-corrected chi connectivity index (χ0v) is 8.04. The maximum atomic E-state index is 10.8. The van der Waals surface area contributed by atoms with E-state index >= 15 is 0 Å². The predicted molar refractivity (Wildman–Crippen MR) is 55.0 cm³/mol. The maximum Gasteiger partial charge on any atom is 0.374 e. The number of aromatic hydroxyl groups is 1. The number of hydrogen-bond acceptors (Lipinski definition) is 5. The van der Waals surface area contributed by atoms with E-state index in [0.29, 0.717) is 0 Å². The Labute approximate surface area is 90.0 Å². The largest absolute Gasteiger partial charge is 0.507 e. The number of carboxylic acid groups (broad SMARTS) is 1. The number of nitrogens with two attached hydrogens (primary N) is 1. The van der Waals surface area contributed by atoms with Crippen molar-refractivity contribution in [3.63, 3.8) is 0 Å². The van der Waals surface area contributed by atoms with Gasteiger partial charge in [-0.05, 0) is 12.1 Å². The van der Waals surface area contributed by atoms with Crippen LogP contribution in [0.15, 0.2) is 28.7 Å². The molecule has 1 aromatic carbocycles. The minimum absolute atomic E-state index is 0.0168. The number of nitrogens with zero attached hydrogens (tertiary/aromatic N) is 1. The summed E-state index contributed by atoms with van der Waals surface area (Å²) in [6, 6.07) is 5.95. The number of aromatic nitrogens is 1. The monoisotopic (exact) mass is 220 g/mol. The molecule has 16 heavy (non-hydrogen) atoms. The highest BCUT2D eigenvalue weighted by molar-refractivity contribution is 5.93. The topological polar surface area (TPSA) is 110 Å². The molecule has 2 rings (SSSR count). The Morgan fingerprint density at radius 1 is 1.38 bits per heavy atom. The van der Waals surface area contributed by atoms with Crippen molar-refractivity contribution in [1.29, 1.82) is 0 Å². The smallest absolute Gasteiger partial charge is 0.374 e. The molecule has 0 aliphatic rings. The molecule has 2 aromatic rings. The van der Waals surface area contributed by atoms with Crippen molar-refractivity contribution >= 4 is 12.0 Å². The number of oxazole rings is 1. The molecule has 0 unspecified atom stereocenters. The van der Waals surface area contributed by atoms with Crippen molar-refractivity contribution in [3.8, 4) is 17.0 Å². The van der Waals surface area contributed by atoms with Crippen LogP contribution in [0.4, 0.5) is 6.01 Å². The zero-order valence-electron chi connectivity index (χ0n) is 8.04. The van der Waals surface area contributed by atoms with Gasteiger partial charge in [-0.3, -0.25) is 0 Å². The minimum Gasteiger partial charge on any atom is -0.507 e. The molecule has 4 N–H and O–H groups in total. The minimum atomic E-state index is -1.29. The van der Waals surface area contributed by atoms with Gasteiger partial charge in [-0.1, -0.05) is 12.1 Å². The summed E-state index contributed by atoms with van der Waals surface area (Å²) in [7, 11) is 0.